The van der Waals surface area contributed by atoms with Gasteiger partial charge in [-0.05, 0) is 109 Å². The number of unbranched alkanes of at least 4 members (excludes halogenated alkanes) is 22. The highest BCUT2D eigenvalue weighted by atomic mass is 16.5. The fourth-order valence-corrected chi connectivity index (χ4v) is 8.24. The zero-order valence-corrected chi connectivity index (χ0v) is 39.7. The summed E-state index contributed by atoms with van der Waals surface area (Å²) in [7, 11) is 0. The monoisotopic (exact) mass is 851 g/mol. The molecule has 1 aromatic rings. The summed E-state index contributed by atoms with van der Waals surface area (Å²) in [4.78, 5) is 34.0. The van der Waals surface area contributed by atoms with Gasteiger partial charge in [0.25, 0.3) is 0 Å². The molecule has 0 atom stereocenters. The number of carbonyl (C=O) groups is 2. The number of rotatable bonds is 42. The molecule has 8 heteroatoms. The van der Waals surface area contributed by atoms with Crippen LogP contribution < -0.4 is 10.2 Å². The van der Waals surface area contributed by atoms with Crippen LogP contribution in [0.2, 0.25) is 0 Å². The third-order valence-electron chi connectivity index (χ3n) is 12.2. The van der Waals surface area contributed by atoms with Crippen molar-refractivity contribution < 1.29 is 19.1 Å². The second-order valence-corrected chi connectivity index (χ2v) is 17.7. The topological polar surface area (TPSA) is 84.0 Å². The van der Waals surface area contributed by atoms with Gasteiger partial charge in [-0.3, -0.25) is 19.5 Å². The Morgan fingerprint density at radius 1 is 0.590 bits per heavy atom. The van der Waals surface area contributed by atoms with Crippen molar-refractivity contribution in [3.63, 3.8) is 0 Å². The zero-order chi connectivity index (χ0) is 43.5. The molecule has 2 heterocycles. The number of pyridine rings is 1. The van der Waals surface area contributed by atoms with Crippen LogP contribution in [0.25, 0.3) is 0 Å². The molecule has 1 aliphatic heterocycles. The van der Waals surface area contributed by atoms with Crippen LogP contribution in [0, 0.1) is 0 Å². The van der Waals surface area contributed by atoms with E-state index in [0.29, 0.717) is 45.2 Å². The Kier molecular flexibility index (Phi) is 36.9. The van der Waals surface area contributed by atoms with Gasteiger partial charge in [0.2, 0.25) is 0 Å². The molecule has 0 aliphatic carbocycles. The van der Waals surface area contributed by atoms with E-state index in [1.54, 1.807) is 0 Å². The van der Waals surface area contributed by atoms with Crippen molar-refractivity contribution in [2.75, 3.05) is 57.4 Å². The van der Waals surface area contributed by atoms with E-state index >= 15 is 0 Å². The lowest BCUT2D eigenvalue weighted by atomic mass is 10.0. The Balaban J connectivity index is 1.57. The molecule has 1 fully saturated rings. The van der Waals surface area contributed by atoms with Crippen molar-refractivity contribution in [3.05, 3.63) is 48.8 Å². The first-order chi connectivity index (χ1) is 30.1. The number of esters is 2. The number of anilines is 1. The van der Waals surface area contributed by atoms with Gasteiger partial charge >= 0.3 is 11.9 Å². The quantitative estimate of drug-likeness (QED) is 0.0396. The molecule has 61 heavy (non-hydrogen) atoms. The lowest BCUT2D eigenvalue weighted by Crippen LogP contribution is -2.43. The molecule has 0 unspecified atom stereocenters. The molecular weight excluding hydrogens is 757 g/mol. The normalized spacial score (nSPS) is 13.6. The number of carbonyl (C=O) groups excluding carboxylic acids is 2. The first-order valence-corrected chi connectivity index (χ1v) is 25.8. The van der Waals surface area contributed by atoms with Gasteiger partial charge in [0.15, 0.2) is 0 Å². The molecule has 0 bridgehead atoms. The van der Waals surface area contributed by atoms with Gasteiger partial charge in [-0.15, -0.1) is 0 Å². The summed E-state index contributed by atoms with van der Waals surface area (Å²) in [5.41, 5.74) is 1.26. The lowest BCUT2D eigenvalue weighted by molar-refractivity contribution is -0.144. The number of ether oxygens (including phenoxy) is 2. The number of aromatic nitrogens is 1. The number of allylic oxidation sites excluding steroid dienone is 4. The number of piperidine rings is 1. The molecule has 2 rings (SSSR count). The minimum absolute atomic E-state index is 0.0938. The second-order valence-electron chi connectivity index (χ2n) is 17.7. The summed E-state index contributed by atoms with van der Waals surface area (Å²) < 4.78 is 11.4. The van der Waals surface area contributed by atoms with Crippen LogP contribution in [0.4, 0.5) is 5.69 Å². The van der Waals surface area contributed by atoms with Crippen LogP contribution in [0.15, 0.2) is 48.8 Å². The Bertz CT molecular complexity index is 1130. The third kappa shape index (κ3) is 33.5. The molecule has 0 aromatic carbocycles. The van der Waals surface area contributed by atoms with E-state index < -0.39 is 0 Å². The molecule has 0 spiro atoms. The van der Waals surface area contributed by atoms with Gasteiger partial charge < -0.3 is 19.7 Å². The Hall–Kier alpha value is -2.71. The van der Waals surface area contributed by atoms with Crippen molar-refractivity contribution in [2.24, 2.45) is 0 Å². The van der Waals surface area contributed by atoms with Gasteiger partial charge in [0, 0.05) is 63.1 Å². The van der Waals surface area contributed by atoms with Gasteiger partial charge in [0.05, 0.1) is 0 Å². The standard InChI is InChI=1S/C53H94N4O4/c1-3-5-7-9-11-13-15-17-19-21-23-25-27-29-31-34-52(58)60-48-46-56(43-33-40-55-50-38-44-57(45-39-50)51-36-41-54-42-37-51)47-49-61-53(59)35-32-30-28-26-24-22-20-18-16-14-12-10-8-6-4-2/h17-20,36-37,41-42,50,55H,3-16,21-35,38-40,43-49H2,1-2H3/b19-17-,20-18-. The number of nitrogens with one attached hydrogen (secondary N) is 1. The first kappa shape index (κ1) is 54.4. The van der Waals surface area contributed by atoms with Crippen LogP contribution in [0.5, 0.6) is 0 Å². The summed E-state index contributed by atoms with van der Waals surface area (Å²) in [5, 5.41) is 3.78. The van der Waals surface area contributed by atoms with Gasteiger partial charge in [-0.25, -0.2) is 0 Å². The maximum Gasteiger partial charge on any atom is 0.305 e. The average Bonchev–Trinajstić information content (AvgIpc) is 3.28. The second kappa shape index (κ2) is 41.3. The molecule has 0 amide bonds. The van der Waals surface area contributed by atoms with E-state index in [1.165, 1.54) is 147 Å². The van der Waals surface area contributed by atoms with Crippen LogP contribution in [0.1, 0.15) is 213 Å². The Morgan fingerprint density at radius 2 is 1.00 bits per heavy atom. The van der Waals surface area contributed by atoms with Crippen LogP contribution >= 0.6 is 0 Å². The molecule has 1 aromatic heterocycles. The van der Waals surface area contributed by atoms with E-state index in [0.717, 1.165) is 71.1 Å². The smallest absolute Gasteiger partial charge is 0.305 e. The highest BCUT2D eigenvalue weighted by Crippen LogP contribution is 2.19. The van der Waals surface area contributed by atoms with Crippen molar-refractivity contribution in [3.8, 4) is 0 Å². The van der Waals surface area contributed by atoms with Crippen LogP contribution in [-0.4, -0.2) is 80.3 Å². The molecule has 1 saturated heterocycles. The van der Waals surface area contributed by atoms with Crippen LogP contribution in [0.3, 0.4) is 0 Å². The van der Waals surface area contributed by atoms with Gasteiger partial charge in [-0.2, -0.15) is 0 Å². The van der Waals surface area contributed by atoms with E-state index in [4.69, 9.17) is 9.47 Å². The third-order valence-corrected chi connectivity index (χ3v) is 12.2. The number of hydrogen-bond donors (Lipinski definition) is 1. The summed E-state index contributed by atoms with van der Waals surface area (Å²) in [6, 6.07) is 4.71. The van der Waals surface area contributed by atoms with E-state index in [-0.39, 0.29) is 11.9 Å². The first-order valence-electron chi connectivity index (χ1n) is 25.8. The SMILES string of the molecule is CCCCCCCC/C=C\CCCCCCCC(=O)OCCN(CCCNC1CCN(c2ccncc2)CC1)CCOC(=O)CCCCCCC/C=C\CCCCCCCC. The molecule has 1 N–H and O–H groups in total. The predicted molar refractivity (Wildman–Crippen MR) is 259 cm³/mol. The molecule has 8 nitrogen and oxygen atoms in total. The molecular formula is C53H94N4O4. The molecule has 350 valence electrons. The highest BCUT2D eigenvalue weighted by Gasteiger charge is 2.19. The summed E-state index contributed by atoms with van der Waals surface area (Å²) in [6.45, 7) is 10.6. The maximum atomic E-state index is 12.6. The largest absolute Gasteiger partial charge is 0.464 e. The average molecular weight is 851 g/mol. The van der Waals surface area contributed by atoms with E-state index in [2.05, 4.69) is 70.4 Å². The number of hydrogen-bond acceptors (Lipinski definition) is 8. The summed E-state index contributed by atoms with van der Waals surface area (Å²) in [5.74, 6) is -0.188. The fourth-order valence-electron chi connectivity index (χ4n) is 8.24. The molecule has 0 saturated carbocycles. The minimum Gasteiger partial charge on any atom is -0.464 e. The van der Waals surface area contributed by atoms with Crippen LogP contribution in [-0.2, 0) is 19.1 Å². The zero-order valence-electron chi connectivity index (χ0n) is 39.7. The van der Waals surface area contributed by atoms with Crippen molar-refractivity contribution in [1.29, 1.82) is 0 Å². The Labute approximate surface area is 375 Å². The highest BCUT2D eigenvalue weighted by molar-refractivity contribution is 5.69. The van der Waals surface area contributed by atoms with Gasteiger partial charge in [0.1, 0.15) is 13.2 Å². The van der Waals surface area contributed by atoms with Crippen molar-refractivity contribution in [1.82, 2.24) is 15.2 Å². The van der Waals surface area contributed by atoms with Crippen molar-refractivity contribution >= 4 is 17.6 Å². The fraction of sp³-hybridized carbons (Fsp3) is 0.792. The summed E-state index contributed by atoms with van der Waals surface area (Å²) in [6.07, 6.45) is 49.9. The van der Waals surface area contributed by atoms with E-state index in [9.17, 15) is 9.59 Å². The molecule has 0 radical (unpaired) electrons. The lowest BCUT2D eigenvalue weighted by Gasteiger charge is -2.34. The maximum absolute atomic E-state index is 12.6. The predicted octanol–water partition coefficient (Wildman–Crippen LogP) is 13.5. The minimum atomic E-state index is -0.0938. The number of nitrogens with zero attached hydrogens (tertiary/aromatic N) is 3. The molecule has 1 aliphatic rings. The Morgan fingerprint density at radius 3 is 1.44 bits per heavy atom. The van der Waals surface area contributed by atoms with E-state index in [1.807, 2.05) is 12.4 Å². The van der Waals surface area contributed by atoms with Gasteiger partial charge in [-0.1, -0.05) is 141 Å². The van der Waals surface area contributed by atoms with Crippen molar-refractivity contribution in [2.45, 2.75) is 219 Å². The summed E-state index contributed by atoms with van der Waals surface area (Å²) >= 11 is 0.